The smallest absolute Gasteiger partial charge is 0.320 e. The number of hydrogen-bond donors (Lipinski definition) is 1. The molecule has 7 nitrogen and oxygen atoms in total. The first-order valence-corrected chi connectivity index (χ1v) is 11.8. The fourth-order valence-corrected chi connectivity index (χ4v) is 4.31. The number of fused-ring (bicyclic) bond motifs is 1. The Morgan fingerprint density at radius 3 is 2.63 bits per heavy atom. The van der Waals surface area contributed by atoms with Gasteiger partial charge in [-0.25, -0.2) is 0 Å². The Hall–Kier alpha value is -1.89. The van der Waals surface area contributed by atoms with Gasteiger partial charge in [-0.15, -0.1) is 0 Å². The fourth-order valence-electron chi connectivity index (χ4n) is 4.31. The van der Waals surface area contributed by atoms with Crippen molar-refractivity contribution in [1.82, 2.24) is 14.9 Å². The highest BCUT2D eigenvalue weighted by molar-refractivity contribution is 6.01. The number of aromatic nitrogens is 2. The first-order chi connectivity index (χ1) is 14.5. The van der Waals surface area contributed by atoms with E-state index in [0.717, 1.165) is 43.1 Å². The van der Waals surface area contributed by atoms with E-state index in [9.17, 15) is 4.79 Å². The van der Waals surface area contributed by atoms with Crippen molar-refractivity contribution < 1.29 is 9.53 Å². The lowest BCUT2D eigenvalue weighted by molar-refractivity contribution is -0.117. The van der Waals surface area contributed by atoms with Crippen molar-refractivity contribution in [2.45, 2.75) is 72.1 Å². The van der Waals surface area contributed by atoms with Crippen molar-refractivity contribution in [3.63, 3.8) is 0 Å². The van der Waals surface area contributed by atoms with Crippen LogP contribution < -0.4 is 15.4 Å². The largest absolute Gasteiger partial charge is 0.463 e. The Morgan fingerprint density at radius 2 is 1.93 bits per heavy atom. The first kappa shape index (κ1) is 22.8. The molecular formula is C23H39N5O2. The van der Waals surface area contributed by atoms with Crippen LogP contribution in [-0.2, 0) is 11.2 Å². The van der Waals surface area contributed by atoms with Gasteiger partial charge in [0.25, 0.3) is 0 Å². The molecule has 0 radical (unpaired) electrons. The summed E-state index contributed by atoms with van der Waals surface area (Å²) in [6, 6.07) is 0.285. The van der Waals surface area contributed by atoms with E-state index >= 15 is 0 Å². The summed E-state index contributed by atoms with van der Waals surface area (Å²) >= 11 is 0. The average molecular weight is 418 g/mol. The molecule has 0 bridgehead atoms. The van der Waals surface area contributed by atoms with Gasteiger partial charge < -0.3 is 15.4 Å². The number of nitrogens with zero attached hydrogens (tertiary/aromatic N) is 4. The van der Waals surface area contributed by atoms with Crippen molar-refractivity contribution in [2.75, 3.05) is 43.4 Å². The zero-order chi connectivity index (χ0) is 21.5. The van der Waals surface area contributed by atoms with Crippen LogP contribution in [0.3, 0.4) is 0 Å². The predicted molar refractivity (Wildman–Crippen MR) is 121 cm³/mol. The average Bonchev–Trinajstić information content (AvgIpc) is 3.04. The SMILES string of the molecule is CCCCOc1nc(N)c2c(n1)N(CCCC1CCN(CCC(C)C)CC1)C(=O)C2. The van der Waals surface area contributed by atoms with E-state index in [4.69, 9.17) is 10.5 Å². The van der Waals surface area contributed by atoms with Gasteiger partial charge in [-0.3, -0.25) is 9.69 Å². The lowest BCUT2D eigenvalue weighted by Gasteiger charge is -2.32. The highest BCUT2D eigenvalue weighted by atomic mass is 16.5. The Bertz CT molecular complexity index is 701. The number of likely N-dealkylation sites (tertiary alicyclic amines) is 1. The summed E-state index contributed by atoms with van der Waals surface area (Å²) in [6.45, 7) is 11.6. The van der Waals surface area contributed by atoms with Crippen LogP contribution in [-0.4, -0.2) is 53.6 Å². The predicted octanol–water partition coefficient (Wildman–Crippen LogP) is 3.67. The van der Waals surface area contributed by atoms with Crippen molar-refractivity contribution in [2.24, 2.45) is 11.8 Å². The summed E-state index contributed by atoms with van der Waals surface area (Å²) < 4.78 is 5.64. The van der Waals surface area contributed by atoms with Gasteiger partial charge in [-0.05, 0) is 70.0 Å². The number of nitrogens with two attached hydrogens (primary N) is 1. The number of piperidine rings is 1. The second kappa shape index (κ2) is 10.9. The van der Waals surface area contributed by atoms with Gasteiger partial charge in [0.05, 0.1) is 13.0 Å². The molecule has 1 saturated heterocycles. The van der Waals surface area contributed by atoms with Crippen LogP contribution >= 0.6 is 0 Å². The van der Waals surface area contributed by atoms with Crippen LogP contribution in [0.1, 0.15) is 71.3 Å². The molecule has 2 aliphatic heterocycles. The maximum atomic E-state index is 12.6. The van der Waals surface area contributed by atoms with E-state index in [1.165, 1.54) is 38.9 Å². The van der Waals surface area contributed by atoms with Gasteiger partial charge >= 0.3 is 6.01 Å². The third-order valence-corrected chi connectivity index (χ3v) is 6.33. The van der Waals surface area contributed by atoms with Crippen LogP contribution in [0.25, 0.3) is 0 Å². The summed E-state index contributed by atoms with van der Waals surface area (Å²) in [6.07, 6.45) is 8.28. The molecule has 0 atom stereocenters. The number of amides is 1. The monoisotopic (exact) mass is 417 g/mol. The van der Waals surface area contributed by atoms with E-state index in [1.807, 2.05) is 0 Å². The van der Waals surface area contributed by atoms with Gasteiger partial charge in [-0.1, -0.05) is 27.2 Å². The first-order valence-electron chi connectivity index (χ1n) is 11.8. The Kier molecular flexibility index (Phi) is 8.31. The molecule has 2 N–H and O–H groups in total. The van der Waals surface area contributed by atoms with Crippen molar-refractivity contribution in [3.05, 3.63) is 5.56 Å². The third-order valence-electron chi connectivity index (χ3n) is 6.33. The van der Waals surface area contributed by atoms with E-state index in [-0.39, 0.29) is 11.9 Å². The molecule has 3 rings (SSSR count). The molecule has 0 saturated carbocycles. The molecule has 0 spiro atoms. The maximum absolute atomic E-state index is 12.6. The summed E-state index contributed by atoms with van der Waals surface area (Å²) in [5.74, 6) is 2.64. The lowest BCUT2D eigenvalue weighted by atomic mass is 9.92. The minimum absolute atomic E-state index is 0.0696. The quantitative estimate of drug-likeness (QED) is 0.553. The molecule has 0 unspecified atom stereocenters. The molecule has 1 aromatic heterocycles. The van der Waals surface area contributed by atoms with E-state index in [1.54, 1.807) is 4.90 Å². The molecule has 1 aromatic rings. The molecule has 7 heteroatoms. The van der Waals surface area contributed by atoms with Crippen molar-refractivity contribution in [3.8, 4) is 6.01 Å². The van der Waals surface area contributed by atoms with Gasteiger partial charge in [0, 0.05) is 12.1 Å². The maximum Gasteiger partial charge on any atom is 0.320 e. The normalized spacial score (nSPS) is 17.7. The standard InChI is InChI=1S/C23H39N5O2/c1-4-5-15-30-23-25-21(24)19-16-20(29)28(22(19)26-23)11-6-7-18-9-13-27(14-10-18)12-8-17(2)3/h17-18H,4-16H2,1-3H3,(H2,24,25,26). The number of anilines is 2. The van der Waals surface area contributed by atoms with Crippen LogP contribution in [0, 0.1) is 11.8 Å². The van der Waals surface area contributed by atoms with Crippen LogP contribution in [0.15, 0.2) is 0 Å². The number of carbonyl (C=O) groups is 1. The number of nitrogen functional groups attached to an aromatic ring is 1. The lowest BCUT2D eigenvalue weighted by Crippen LogP contribution is -2.35. The summed E-state index contributed by atoms with van der Waals surface area (Å²) in [7, 11) is 0. The van der Waals surface area contributed by atoms with Crippen LogP contribution in [0.5, 0.6) is 6.01 Å². The number of hydrogen-bond acceptors (Lipinski definition) is 6. The molecule has 30 heavy (non-hydrogen) atoms. The highest BCUT2D eigenvalue weighted by Gasteiger charge is 2.32. The molecule has 2 aliphatic rings. The number of rotatable bonds is 11. The van der Waals surface area contributed by atoms with Crippen molar-refractivity contribution >= 4 is 17.5 Å². The van der Waals surface area contributed by atoms with Crippen LogP contribution in [0.4, 0.5) is 11.6 Å². The molecular weight excluding hydrogens is 378 g/mol. The highest BCUT2D eigenvalue weighted by Crippen LogP contribution is 2.33. The second-order valence-corrected chi connectivity index (χ2v) is 9.23. The van der Waals surface area contributed by atoms with Crippen molar-refractivity contribution in [1.29, 1.82) is 0 Å². The van der Waals surface area contributed by atoms with E-state index < -0.39 is 0 Å². The summed E-state index contributed by atoms with van der Waals surface area (Å²) in [4.78, 5) is 25.7. The van der Waals surface area contributed by atoms with Crippen LogP contribution in [0.2, 0.25) is 0 Å². The minimum atomic E-state index is 0.0696. The van der Waals surface area contributed by atoms with Gasteiger partial charge in [0.1, 0.15) is 11.6 Å². The summed E-state index contributed by atoms with van der Waals surface area (Å²) in [5.41, 5.74) is 6.84. The Morgan fingerprint density at radius 1 is 1.17 bits per heavy atom. The van der Waals surface area contributed by atoms with Gasteiger partial charge in [0.15, 0.2) is 0 Å². The molecule has 0 aliphatic carbocycles. The second-order valence-electron chi connectivity index (χ2n) is 9.23. The zero-order valence-electron chi connectivity index (χ0n) is 19.0. The molecule has 1 fully saturated rings. The number of unbranched alkanes of at least 4 members (excludes halogenated alkanes) is 1. The summed E-state index contributed by atoms with van der Waals surface area (Å²) in [5, 5.41) is 0. The molecule has 0 aromatic carbocycles. The molecule has 168 valence electrons. The van der Waals surface area contributed by atoms with E-state index in [2.05, 4.69) is 35.6 Å². The fraction of sp³-hybridized carbons (Fsp3) is 0.783. The Balaban J connectivity index is 1.48. The van der Waals surface area contributed by atoms with Gasteiger partial charge in [0.2, 0.25) is 5.91 Å². The Labute approximate surface area is 181 Å². The minimum Gasteiger partial charge on any atom is -0.463 e. The number of ether oxygens (including phenoxy) is 1. The zero-order valence-corrected chi connectivity index (χ0v) is 19.0. The molecule has 3 heterocycles. The van der Waals surface area contributed by atoms with E-state index in [0.29, 0.717) is 31.2 Å². The van der Waals surface area contributed by atoms with Gasteiger partial charge in [-0.2, -0.15) is 9.97 Å². The number of carbonyl (C=O) groups excluding carboxylic acids is 1. The topological polar surface area (TPSA) is 84.6 Å². The third kappa shape index (κ3) is 6.06. The molecule has 1 amide bonds.